The summed E-state index contributed by atoms with van der Waals surface area (Å²) in [6.07, 6.45) is 3.55. The van der Waals surface area contributed by atoms with E-state index in [2.05, 4.69) is 25.7 Å². The maximum atomic E-state index is 13.4. The topological polar surface area (TPSA) is 143 Å². The highest BCUT2D eigenvalue weighted by Gasteiger charge is 2.21. The molecule has 3 N–H and O–H groups in total. The highest BCUT2D eigenvalue weighted by molar-refractivity contribution is 6.35. The van der Waals surface area contributed by atoms with Gasteiger partial charge < -0.3 is 20.7 Å². The molecule has 0 saturated carbocycles. The van der Waals surface area contributed by atoms with Gasteiger partial charge in [-0.15, -0.1) is 0 Å². The molecule has 1 aromatic carbocycles. The van der Waals surface area contributed by atoms with Crippen molar-refractivity contribution in [2.24, 2.45) is 0 Å². The lowest BCUT2D eigenvalue weighted by Gasteiger charge is -2.27. The molecule has 1 unspecified atom stereocenters. The number of imidazole rings is 1. The molecule has 0 aliphatic heterocycles. The Kier molecular flexibility index (Phi) is 5.77. The van der Waals surface area contributed by atoms with Crippen LogP contribution in [0.25, 0.3) is 16.6 Å². The van der Waals surface area contributed by atoms with Gasteiger partial charge in [0.25, 0.3) is 5.56 Å². The Balaban J connectivity index is 1.78. The van der Waals surface area contributed by atoms with Crippen LogP contribution in [-0.2, 0) is 0 Å². The highest BCUT2D eigenvalue weighted by atomic mass is 35.5. The normalized spacial score (nSPS) is 12.1. The molecule has 0 aliphatic carbocycles. The standard InChI is InChI=1S/C19H20ClN9O3/c1-11(25-15-17-21-7-9-28(17)24-10-23-15)16-26-13-5-3-4-12(20)14(13)18(30)29(16)27(2)8-6-22-19(31)32/h3-5,7,9-11,22H,6,8H2,1-2H3,(H,31,32)(H,23,24,25). The number of aromatic nitrogens is 6. The van der Waals surface area contributed by atoms with Crippen molar-refractivity contribution in [2.45, 2.75) is 13.0 Å². The quantitative estimate of drug-likeness (QED) is 0.376. The number of carboxylic acid groups (broad SMARTS) is 1. The lowest BCUT2D eigenvalue weighted by molar-refractivity contribution is 0.194. The maximum Gasteiger partial charge on any atom is 0.404 e. The molecule has 3 aromatic heterocycles. The molecule has 32 heavy (non-hydrogen) atoms. The molecule has 13 heteroatoms. The van der Waals surface area contributed by atoms with Crippen molar-refractivity contribution in [1.82, 2.24) is 34.6 Å². The fourth-order valence-electron chi connectivity index (χ4n) is 3.36. The number of hydrogen-bond donors (Lipinski definition) is 3. The van der Waals surface area contributed by atoms with Crippen LogP contribution >= 0.6 is 11.6 Å². The van der Waals surface area contributed by atoms with Crippen LogP contribution in [0, 0.1) is 0 Å². The molecule has 4 aromatic rings. The summed E-state index contributed by atoms with van der Waals surface area (Å²) in [6.45, 7) is 2.17. The molecule has 0 saturated heterocycles. The fraction of sp³-hybridized carbons (Fsp3) is 0.263. The largest absolute Gasteiger partial charge is 0.465 e. The molecule has 4 rings (SSSR count). The summed E-state index contributed by atoms with van der Waals surface area (Å²) in [7, 11) is 1.67. The zero-order valence-electron chi connectivity index (χ0n) is 17.2. The first-order valence-electron chi connectivity index (χ1n) is 9.67. The molecule has 0 radical (unpaired) electrons. The van der Waals surface area contributed by atoms with E-state index in [1.807, 2.05) is 6.92 Å². The number of benzene rings is 1. The van der Waals surface area contributed by atoms with Gasteiger partial charge in [-0.1, -0.05) is 17.7 Å². The van der Waals surface area contributed by atoms with Crippen molar-refractivity contribution in [3.63, 3.8) is 0 Å². The van der Waals surface area contributed by atoms with Gasteiger partial charge in [-0.2, -0.15) is 5.10 Å². The lowest BCUT2D eigenvalue weighted by atomic mass is 10.2. The Morgan fingerprint density at radius 2 is 2.16 bits per heavy atom. The van der Waals surface area contributed by atoms with E-state index in [9.17, 15) is 9.59 Å². The SMILES string of the molecule is CC(Nc1ncnn2ccnc12)c1nc2cccc(Cl)c2c(=O)n1N(C)CCNC(=O)O. The Morgan fingerprint density at radius 3 is 2.94 bits per heavy atom. The van der Waals surface area contributed by atoms with E-state index < -0.39 is 12.1 Å². The number of halogens is 1. The summed E-state index contributed by atoms with van der Waals surface area (Å²) in [5.74, 6) is 0.866. The van der Waals surface area contributed by atoms with Crippen molar-refractivity contribution >= 4 is 40.1 Å². The second-order valence-corrected chi connectivity index (χ2v) is 7.41. The number of fused-ring (bicyclic) bond motifs is 2. The van der Waals surface area contributed by atoms with Crippen LogP contribution in [0.4, 0.5) is 10.6 Å². The van der Waals surface area contributed by atoms with E-state index in [0.29, 0.717) is 22.8 Å². The van der Waals surface area contributed by atoms with Gasteiger partial charge in [-0.05, 0) is 19.1 Å². The third-order valence-electron chi connectivity index (χ3n) is 4.84. The van der Waals surface area contributed by atoms with Crippen LogP contribution in [0.1, 0.15) is 18.8 Å². The van der Waals surface area contributed by atoms with Crippen molar-refractivity contribution in [2.75, 3.05) is 30.5 Å². The molecule has 3 heterocycles. The molecule has 12 nitrogen and oxygen atoms in total. The van der Waals surface area contributed by atoms with E-state index >= 15 is 0 Å². The molecule has 0 bridgehead atoms. The zero-order valence-corrected chi connectivity index (χ0v) is 18.0. The number of anilines is 1. The van der Waals surface area contributed by atoms with E-state index in [4.69, 9.17) is 21.7 Å². The second-order valence-electron chi connectivity index (χ2n) is 7.00. The summed E-state index contributed by atoms with van der Waals surface area (Å²) in [6, 6.07) is 4.59. The first kappa shape index (κ1) is 21.3. The summed E-state index contributed by atoms with van der Waals surface area (Å²) < 4.78 is 2.96. The fourth-order valence-corrected chi connectivity index (χ4v) is 3.61. The molecule has 1 amide bonds. The number of likely N-dealkylation sites (N-methyl/N-ethyl adjacent to an activating group) is 1. The van der Waals surface area contributed by atoms with Crippen LogP contribution in [0.2, 0.25) is 5.02 Å². The van der Waals surface area contributed by atoms with Gasteiger partial charge in [-0.25, -0.2) is 28.9 Å². The van der Waals surface area contributed by atoms with E-state index in [-0.39, 0.29) is 29.1 Å². The minimum atomic E-state index is -1.15. The Hall–Kier alpha value is -3.93. The van der Waals surface area contributed by atoms with Gasteiger partial charge in [0.15, 0.2) is 17.3 Å². The monoisotopic (exact) mass is 457 g/mol. The highest BCUT2D eigenvalue weighted by Crippen LogP contribution is 2.23. The predicted molar refractivity (Wildman–Crippen MR) is 119 cm³/mol. The average Bonchev–Trinajstić information content (AvgIpc) is 3.23. The summed E-state index contributed by atoms with van der Waals surface area (Å²) in [4.78, 5) is 37.4. The number of hydrogen-bond acceptors (Lipinski definition) is 8. The maximum absolute atomic E-state index is 13.4. The third kappa shape index (κ3) is 3.99. The van der Waals surface area contributed by atoms with Crippen LogP contribution in [-0.4, -0.2) is 60.6 Å². The van der Waals surface area contributed by atoms with Crippen molar-refractivity contribution in [3.8, 4) is 0 Å². The van der Waals surface area contributed by atoms with Crippen molar-refractivity contribution in [3.05, 3.63) is 58.1 Å². The molecule has 166 valence electrons. The van der Waals surface area contributed by atoms with E-state index in [0.717, 1.165) is 0 Å². The minimum Gasteiger partial charge on any atom is -0.465 e. The molecule has 0 fully saturated rings. The Labute approximate surface area is 186 Å². The third-order valence-corrected chi connectivity index (χ3v) is 5.15. The molecular formula is C19H20ClN9O3. The number of amides is 1. The minimum absolute atomic E-state index is 0.112. The van der Waals surface area contributed by atoms with E-state index in [1.165, 1.54) is 11.0 Å². The number of rotatable bonds is 7. The van der Waals surface area contributed by atoms with Crippen LogP contribution < -0.4 is 21.2 Å². The van der Waals surface area contributed by atoms with Gasteiger partial charge >= 0.3 is 6.09 Å². The Bertz CT molecular complexity index is 1350. The van der Waals surface area contributed by atoms with Gasteiger partial charge in [-0.3, -0.25) is 4.79 Å². The van der Waals surface area contributed by atoms with Gasteiger partial charge in [0.05, 0.1) is 28.5 Å². The van der Waals surface area contributed by atoms with Crippen LogP contribution in [0.15, 0.2) is 41.7 Å². The summed E-state index contributed by atoms with van der Waals surface area (Å²) in [5.41, 5.74) is 0.611. The average molecular weight is 458 g/mol. The summed E-state index contributed by atoms with van der Waals surface area (Å²) in [5, 5.41) is 20.6. The summed E-state index contributed by atoms with van der Waals surface area (Å²) >= 11 is 6.29. The number of carbonyl (C=O) groups is 1. The zero-order chi connectivity index (χ0) is 22.8. The van der Waals surface area contributed by atoms with Crippen LogP contribution in [0.5, 0.6) is 0 Å². The molecular weight excluding hydrogens is 438 g/mol. The smallest absolute Gasteiger partial charge is 0.404 e. The number of nitrogens with zero attached hydrogens (tertiary/aromatic N) is 7. The van der Waals surface area contributed by atoms with Crippen molar-refractivity contribution in [1.29, 1.82) is 0 Å². The molecule has 1 atom stereocenters. The Morgan fingerprint density at radius 1 is 1.34 bits per heavy atom. The van der Waals surface area contributed by atoms with Gasteiger partial charge in [0, 0.05) is 26.0 Å². The van der Waals surface area contributed by atoms with Gasteiger partial charge in [0.1, 0.15) is 6.33 Å². The second kappa shape index (κ2) is 8.67. The molecule has 0 spiro atoms. The first-order valence-corrected chi connectivity index (χ1v) is 10.0. The first-order chi connectivity index (χ1) is 15.4. The lowest BCUT2D eigenvalue weighted by Crippen LogP contribution is -2.46. The predicted octanol–water partition coefficient (Wildman–Crippen LogP) is 1.50. The van der Waals surface area contributed by atoms with Crippen LogP contribution in [0.3, 0.4) is 0 Å². The number of nitrogens with one attached hydrogen (secondary N) is 2. The van der Waals surface area contributed by atoms with Crippen molar-refractivity contribution < 1.29 is 9.90 Å². The molecule has 0 aliphatic rings. The van der Waals surface area contributed by atoms with Gasteiger partial charge in [0.2, 0.25) is 0 Å². The van der Waals surface area contributed by atoms with E-state index in [1.54, 1.807) is 47.2 Å².